The standard InChI is InChI=1S/C12H9Cl2N3O2.C9H7F2NO3/c1-17-6-5-9(16-12(17)19)15-11(18)10-7(13)3-2-4-8(10)14;10-5-2-1-3-6(11)8(5)9(15)12-4-7(13)14/h2-6H,1H3,(H,15,16,18,19);1-3H,4H2,(H,12,15)(H,13,14). The van der Waals surface area contributed by atoms with Crippen LogP contribution in [-0.4, -0.2) is 39.0 Å². The molecule has 1 heterocycles. The minimum absolute atomic E-state index is 0.143. The zero-order valence-corrected chi connectivity index (χ0v) is 18.8. The van der Waals surface area contributed by atoms with E-state index in [1.54, 1.807) is 25.2 Å². The number of carboxylic acids is 1. The third kappa shape index (κ3) is 7.09. The van der Waals surface area contributed by atoms with Crippen LogP contribution in [0, 0.1) is 11.6 Å². The minimum Gasteiger partial charge on any atom is -0.480 e. The molecule has 0 aliphatic rings. The van der Waals surface area contributed by atoms with Crippen LogP contribution in [0.15, 0.2) is 53.5 Å². The van der Waals surface area contributed by atoms with Gasteiger partial charge in [-0.1, -0.05) is 35.3 Å². The summed E-state index contributed by atoms with van der Waals surface area (Å²) < 4.78 is 27.2. The molecule has 3 aromatic rings. The van der Waals surface area contributed by atoms with Gasteiger partial charge in [-0.2, -0.15) is 4.98 Å². The van der Waals surface area contributed by atoms with Crippen LogP contribution in [-0.2, 0) is 11.8 Å². The first-order chi connectivity index (χ1) is 16.0. The number of carbonyl (C=O) groups excluding carboxylic acids is 2. The summed E-state index contributed by atoms with van der Waals surface area (Å²) in [5.41, 5.74) is -1.10. The van der Waals surface area contributed by atoms with Gasteiger partial charge >= 0.3 is 11.7 Å². The number of carbonyl (C=O) groups is 3. The zero-order valence-electron chi connectivity index (χ0n) is 17.3. The molecule has 1 aromatic heterocycles. The molecule has 0 saturated carbocycles. The summed E-state index contributed by atoms with van der Waals surface area (Å²) in [6.45, 7) is -0.688. The van der Waals surface area contributed by atoms with Gasteiger partial charge in [-0.15, -0.1) is 0 Å². The van der Waals surface area contributed by atoms with Crippen LogP contribution >= 0.6 is 23.2 Å². The lowest BCUT2D eigenvalue weighted by Gasteiger charge is -2.07. The number of benzene rings is 2. The number of nitrogens with one attached hydrogen (secondary N) is 2. The fourth-order valence-electron chi connectivity index (χ4n) is 2.39. The molecule has 0 saturated heterocycles. The number of anilines is 1. The van der Waals surface area contributed by atoms with Gasteiger partial charge in [0.05, 0.1) is 15.6 Å². The predicted octanol–water partition coefficient (Wildman–Crippen LogP) is 3.12. The van der Waals surface area contributed by atoms with E-state index >= 15 is 0 Å². The van der Waals surface area contributed by atoms with Crippen LogP contribution in [0.2, 0.25) is 10.0 Å². The topological polar surface area (TPSA) is 130 Å². The molecule has 0 unspecified atom stereocenters. The quantitative estimate of drug-likeness (QED) is 0.481. The Balaban J connectivity index is 0.000000248. The number of hydrogen-bond donors (Lipinski definition) is 3. The van der Waals surface area contributed by atoms with Crippen molar-refractivity contribution in [3.05, 3.63) is 92.0 Å². The van der Waals surface area contributed by atoms with Gasteiger partial charge in [0.25, 0.3) is 11.8 Å². The number of aryl methyl sites for hydroxylation is 1. The Labute approximate surface area is 201 Å². The first kappa shape index (κ1) is 26.4. The minimum atomic E-state index is -1.29. The lowest BCUT2D eigenvalue weighted by Crippen LogP contribution is -2.30. The second kappa shape index (κ2) is 11.9. The van der Waals surface area contributed by atoms with E-state index in [4.69, 9.17) is 28.3 Å². The molecule has 2 aromatic carbocycles. The maximum Gasteiger partial charge on any atom is 0.349 e. The van der Waals surface area contributed by atoms with E-state index in [9.17, 15) is 28.0 Å². The molecule has 0 spiro atoms. The number of halogens is 4. The average molecular weight is 513 g/mol. The molecule has 0 aliphatic heterocycles. The number of aliphatic carboxylic acids is 1. The molecular formula is C21H16Cl2F2N4O5. The first-order valence-corrected chi connectivity index (χ1v) is 10.00. The van der Waals surface area contributed by atoms with E-state index in [0.717, 1.165) is 18.2 Å². The van der Waals surface area contributed by atoms with Gasteiger partial charge in [0.15, 0.2) is 0 Å². The average Bonchev–Trinajstić information content (AvgIpc) is 2.75. The maximum absolute atomic E-state index is 13.0. The second-order valence-electron chi connectivity index (χ2n) is 6.43. The Kier molecular flexibility index (Phi) is 9.22. The highest BCUT2D eigenvalue weighted by atomic mass is 35.5. The van der Waals surface area contributed by atoms with Crippen molar-refractivity contribution in [2.24, 2.45) is 7.05 Å². The molecule has 3 N–H and O–H groups in total. The van der Waals surface area contributed by atoms with E-state index in [1.807, 2.05) is 5.32 Å². The van der Waals surface area contributed by atoms with Gasteiger partial charge in [0.1, 0.15) is 29.6 Å². The highest BCUT2D eigenvalue weighted by Gasteiger charge is 2.17. The normalized spacial score (nSPS) is 10.0. The molecule has 0 fully saturated rings. The summed E-state index contributed by atoms with van der Waals surface area (Å²) in [5.74, 6) is -4.82. The lowest BCUT2D eigenvalue weighted by molar-refractivity contribution is -0.135. The van der Waals surface area contributed by atoms with E-state index in [0.29, 0.717) is 0 Å². The summed E-state index contributed by atoms with van der Waals surface area (Å²) in [6, 6.07) is 9.19. The Bertz CT molecular complexity index is 1260. The number of nitrogens with zero attached hydrogens (tertiary/aromatic N) is 2. The monoisotopic (exact) mass is 512 g/mol. The largest absolute Gasteiger partial charge is 0.480 e. The van der Waals surface area contributed by atoms with Crippen molar-refractivity contribution in [3.8, 4) is 0 Å². The van der Waals surface area contributed by atoms with Crippen LogP contribution in [0.5, 0.6) is 0 Å². The van der Waals surface area contributed by atoms with Crippen LogP contribution in [0.1, 0.15) is 20.7 Å². The Morgan fingerprint density at radius 3 is 2.06 bits per heavy atom. The summed E-state index contributed by atoms with van der Waals surface area (Å²) >= 11 is 11.8. The molecule has 9 nitrogen and oxygen atoms in total. The fraction of sp³-hybridized carbons (Fsp3) is 0.0952. The van der Waals surface area contributed by atoms with Crippen molar-refractivity contribution in [3.63, 3.8) is 0 Å². The van der Waals surface area contributed by atoms with Gasteiger partial charge < -0.3 is 20.3 Å². The number of rotatable bonds is 5. The van der Waals surface area contributed by atoms with E-state index < -0.39 is 47.2 Å². The van der Waals surface area contributed by atoms with Crippen molar-refractivity contribution >= 4 is 46.8 Å². The lowest BCUT2D eigenvalue weighted by atomic mass is 10.2. The SMILES string of the molecule is Cn1ccc(NC(=O)c2c(Cl)cccc2Cl)nc1=O.O=C(O)CNC(=O)c1c(F)cccc1F. The van der Waals surface area contributed by atoms with Crippen LogP contribution in [0.4, 0.5) is 14.6 Å². The van der Waals surface area contributed by atoms with Crippen molar-refractivity contribution < 1.29 is 28.3 Å². The van der Waals surface area contributed by atoms with Crippen molar-refractivity contribution in [1.29, 1.82) is 0 Å². The van der Waals surface area contributed by atoms with E-state index in [1.165, 1.54) is 16.8 Å². The van der Waals surface area contributed by atoms with Crippen LogP contribution < -0.4 is 16.3 Å². The fourth-order valence-corrected chi connectivity index (χ4v) is 2.96. The number of aromatic nitrogens is 2. The van der Waals surface area contributed by atoms with Gasteiger partial charge in [0.2, 0.25) is 0 Å². The highest BCUT2D eigenvalue weighted by molar-refractivity contribution is 6.40. The summed E-state index contributed by atoms with van der Waals surface area (Å²) in [5, 5.41) is 13.0. The highest BCUT2D eigenvalue weighted by Crippen LogP contribution is 2.24. The predicted molar refractivity (Wildman–Crippen MR) is 120 cm³/mol. The van der Waals surface area contributed by atoms with E-state index in [2.05, 4.69) is 10.3 Å². The Morgan fingerprint density at radius 1 is 0.971 bits per heavy atom. The molecule has 178 valence electrons. The molecule has 0 radical (unpaired) electrons. The molecular weight excluding hydrogens is 497 g/mol. The molecule has 34 heavy (non-hydrogen) atoms. The number of hydrogen-bond acceptors (Lipinski definition) is 5. The van der Waals surface area contributed by atoms with E-state index in [-0.39, 0.29) is 21.4 Å². The molecule has 3 rings (SSSR count). The smallest absolute Gasteiger partial charge is 0.349 e. The zero-order chi connectivity index (χ0) is 25.4. The first-order valence-electron chi connectivity index (χ1n) is 9.24. The third-order valence-electron chi connectivity index (χ3n) is 4.00. The maximum atomic E-state index is 13.0. The Hall–Kier alpha value is -3.83. The second-order valence-corrected chi connectivity index (χ2v) is 7.24. The summed E-state index contributed by atoms with van der Waals surface area (Å²) in [7, 11) is 1.56. The third-order valence-corrected chi connectivity index (χ3v) is 4.63. The molecule has 0 bridgehead atoms. The van der Waals surface area contributed by atoms with Crippen molar-refractivity contribution in [2.75, 3.05) is 11.9 Å². The molecule has 0 atom stereocenters. The van der Waals surface area contributed by atoms with Crippen LogP contribution in [0.25, 0.3) is 0 Å². The van der Waals surface area contributed by atoms with Crippen LogP contribution in [0.3, 0.4) is 0 Å². The van der Waals surface area contributed by atoms with Gasteiger partial charge in [-0.3, -0.25) is 14.4 Å². The van der Waals surface area contributed by atoms with Gasteiger partial charge in [-0.25, -0.2) is 13.6 Å². The Morgan fingerprint density at radius 2 is 1.53 bits per heavy atom. The van der Waals surface area contributed by atoms with Crippen molar-refractivity contribution in [1.82, 2.24) is 14.9 Å². The molecule has 13 heteroatoms. The van der Waals surface area contributed by atoms with Crippen molar-refractivity contribution in [2.45, 2.75) is 0 Å². The number of amides is 2. The molecule has 0 aliphatic carbocycles. The molecule has 2 amide bonds. The van der Waals surface area contributed by atoms with Gasteiger partial charge in [-0.05, 0) is 30.3 Å². The number of carboxylic acid groups (broad SMARTS) is 1. The summed E-state index contributed by atoms with van der Waals surface area (Å²) in [6.07, 6.45) is 1.50. The summed E-state index contributed by atoms with van der Waals surface area (Å²) in [4.78, 5) is 48.3. The van der Waals surface area contributed by atoms with Gasteiger partial charge in [0, 0.05) is 13.2 Å².